The number of hydrogen-bond donors (Lipinski definition) is 4. The quantitative estimate of drug-likeness (QED) is 0.478. The lowest BCUT2D eigenvalue weighted by Crippen LogP contribution is -2.47. The first-order chi connectivity index (χ1) is 9.43. The van der Waals surface area contributed by atoms with Crippen LogP contribution in [0.3, 0.4) is 0 Å². The van der Waals surface area contributed by atoms with Gasteiger partial charge in [0.05, 0.1) is 6.61 Å². The van der Waals surface area contributed by atoms with Crippen molar-refractivity contribution in [2.24, 2.45) is 0 Å². The molecule has 8 heteroatoms. The van der Waals surface area contributed by atoms with Gasteiger partial charge >= 0.3 is 5.69 Å². The Morgan fingerprint density at radius 1 is 1.70 bits per heavy atom. The molecule has 1 aromatic heterocycles. The van der Waals surface area contributed by atoms with Gasteiger partial charge in [0.2, 0.25) is 0 Å². The summed E-state index contributed by atoms with van der Waals surface area (Å²) in [5.74, 6) is 0.0197. The Morgan fingerprint density at radius 3 is 2.95 bits per heavy atom. The highest BCUT2D eigenvalue weighted by atomic mass is 16.6. The Hall–Kier alpha value is -1.96. The highest BCUT2D eigenvalue weighted by Crippen LogP contribution is 2.38. The molecule has 0 saturated carbocycles. The van der Waals surface area contributed by atoms with Gasteiger partial charge in [-0.2, -0.15) is 4.98 Å². The molecule has 2 heterocycles. The Balaban J connectivity index is 2.53. The molecule has 20 heavy (non-hydrogen) atoms. The number of aliphatic hydroxyl groups is 3. The van der Waals surface area contributed by atoms with Crippen LogP contribution >= 0.6 is 0 Å². The maximum absolute atomic E-state index is 11.8. The summed E-state index contributed by atoms with van der Waals surface area (Å²) in [6.45, 7) is 2.80. The zero-order chi connectivity index (χ0) is 14.9. The molecule has 8 nitrogen and oxygen atoms in total. The number of rotatable bonds is 3. The molecule has 0 aromatic carbocycles. The molecule has 0 amide bonds. The van der Waals surface area contributed by atoms with Gasteiger partial charge in [0.15, 0.2) is 11.8 Å². The Kier molecular flexibility index (Phi) is 3.76. The second kappa shape index (κ2) is 5.20. The third-order valence-corrected chi connectivity index (χ3v) is 3.14. The average molecular weight is 281 g/mol. The average Bonchev–Trinajstić information content (AvgIpc) is 2.63. The monoisotopic (exact) mass is 281 g/mol. The fourth-order valence-electron chi connectivity index (χ4n) is 2.15. The highest BCUT2D eigenvalue weighted by Gasteiger charge is 2.55. The van der Waals surface area contributed by atoms with E-state index in [9.17, 15) is 15.0 Å². The SMILES string of the molecule is C=C=C[C@@]1(O)[C@H](O)[C@@H](CO)O[C@H]1n1ccc(N)nc1=O. The molecule has 2 rings (SSSR count). The molecule has 4 atom stereocenters. The van der Waals surface area contributed by atoms with E-state index in [0.717, 1.165) is 10.6 Å². The number of nitrogens with two attached hydrogens (primary N) is 1. The van der Waals surface area contributed by atoms with Crippen molar-refractivity contribution < 1.29 is 20.1 Å². The van der Waals surface area contributed by atoms with E-state index in [1.807, 2.05) is 0 Å². The summed E-state index contributed by atoms with van der Waals surface area (Å²) in [5, 5.41) is 29.7. The maximum Gasteiger partial charge on any atom is 0.351 e. The van der Waals surface area contributed by atoms with Gasteiger partial charge in [-0.25, -0.2) is 4.79 Å². The van der Waals surface area contributed by atoms with E-state index in [1.165, 1.54) is 12.3 Å². The predicted octanol–water partition coefficient (Wildman–Crippen LogP) is -1.85. The van der Waals surface area contributed by atoms with Gasteiger partial charge in [-0.3, -0.25) is 4.57 Å². The summed E-state index contributed by atoms with van der Waals surface area (Å²) < 4.78 is 6.31. The summed E-state index contributed by atoms with van der Waals surface area (Å²) in [6.07, 6.45) is -1.41. The van der Waals surface area contributed by atoms with Crippen molar-refractivity contribution in [1.82, 2.24) is 9.55 Å². The van der Waals surface area contributed by atoms with Crippen LogP contribution in [0.1, 0.15) is 6.23 Å². The zero-order valence-corrected chi connectivity index (χ0v) is 10.5. The van der Waals surface area contributed by atoms with Crippen LogP contribution in [0.15, 0.2) is 35.4 Å². The summed E-state index contributed by atoms with van der Waals surface area (Å²) in [7, 11) is 0. The Morgan fingerprint density at radius 2 is 2.40 bits per heavy atom. The zero-order valence-electron chi connectivity index (χ0n) is 10.5. The van der Waals surface area contributed by atoms with Crippen molar-refractivity contribution in [2.75, 3.05) is 12.3 Å². The first kappa shape index (κ1) is 14.4. The van der Waals surface area contributed by atoms with Crippen molar-refractivity contribution in [3.8, 4) is 0 Å². The minimum atomic E-state index is -1.96. The van der Waals surface area contributed by atoms with E-state index in [4.69, 9.17) is 15.6 Å². The minimum Gasteiger partial charge on any atom is -0.394 e. The van der Waals surface area contributed by atoms with E-state index >= 15 is 0 Å². The molecule has 0 bridgehead atoms. The topological polar surface area (TPSA) is 131 Å². The molecular weight excluding hydrogens is 266 g/mol. The van der Waals surface area contributed by atoms with Crippen molar-refractivity contribution in [3.63, 3.8) is 0 Å². The van der Waals surface area contributed by atoms with Gasteiger partial charge in [-0.15, -0.1) is 5.73 Å². The second-order valence-electron chi connectivity index (χ2n) is 4.43. The van der Waals surface area contributed by atoms with Crippen molar-refractivity contribution in [3.05, 3.63) is 41.1 Å². The lowest BCUT2D eigenvalue weighted by Gasteiger charge is -2.27. The molecule has 0 spiro atoms. The van der Waals surface area contributed by atoms with Gasteiger partial charge in [-0.1, -0.05) is 6.58 Å². The standard InChI is InChI=1S/C12H15N3O5/c1-2-4-12(19)9(17)7(6-16)20-10(12)15-5-3-8(13)14-11(15)18/h3-5,7,9-10,16-17,19H,1,6H2,(H2,13,14,18)/t7-,9-,10-,12-/m1/s1. The second-order valence-corrected chi connectivity index (χ2v) is 4.43. The lowest BCUT2D eigenvalue weighted by molar-refractivity contribution is -0.0813. The van der Waals surface area contributed by atoms with Crippen molar-refractivity contribution >= 4 is 5.82 Å². The van der Waals surface area contributed by atoms with Crippen LogP contribution < -0.4 is 11.4 Å². The van der Waals surface area contributed by atoms with Crippen LogP contribution in [-0.2, 0) is 4.74 Å². The fourth-order valence-corrected chi connectivity index (χ4v) is 2.15. The molecular formula is C12H15N3O5. The third-order valence-electron chi connectivity index (χ3n) is 3.14. The molecule has 108 valence electrons. The smallest absolute Gasteiger partial charge is 0.351 e. The Bertz CT molecular complexity index is 609. The molecule has 0 radical (unpaired) electrons. The van der Waals surface area contributed by atoms with Crippen LogP contribution in [-0.4, -0.2) is 49.3 Å². The molecule has 1 aliphatic rings. The summed E-state index contributed by atoms with van der Waals surface area (Å²) >= 11 is 0. The van der Waals surface area contributed by atoms with E-state index in [0.29, 0.717) is 0 Å². The van der Waals surface area contributed by atoms with Gasteiger partial charge in [0.25, 0.3) is 0 Å². The summed E-state index contributed by atoms with van der Waals surface area (Å²) in [4.78, 5) is 15.3. The number of ether oxygens (including phenoxy) is 1. The van der Waals surface area contributed by atoms with E-state index in [1.54, 1.807) is 0 Å². The third kappa shape index (κ3) is 2.15. The maximum atomic E-state index is 11.8. The number of aromatic nitrogens is 2. The molecule has 1 aliphatic heterocycles. The molecule has 5 N–H and O–H groups in total. The van der Waals surface area contributed by atoms with E-state index < -0.39 is 36.3 Å². The summed E-state index contributed by atoms with van der Waals surface area (Å²) in [6, 6.07) is 1.35. The van der Waals surface area contributed by atoms with Crippen LogP contribution in [0.25, 0.3) is 0 Å². The number of anilines is 1. The van der Waals surface area contributed by atoms with E-state index in [-0.39, 0.29) is 5.82 Å². The largest absolute Gasteiger partial charge is 0.394 e. The number of hydrogen-bond acceptors (Lipinski definition) is 7. The normalized spacial score (nSPS) is 32.9. The first-order valence-electron chi connectivity index (χ1n) is 5.82. The number of nitrogen functional groups attached to an aromatic ring is 1. The molecule has 1 saturated heterocycles. The van der Waals surface area contributed by atoms with Crippen LogP contribution in [0.4, 0.5) is 5.82 Å². The number of nitrogens with zero attached hydrogens (tertiary/aromatic N) is 2. The van der Waals surface area contributed by atoms with E-state index in [2.05, 4.69) is 17.3 Å². The highest BCUT2D eigenvalue weighted by molar-refractivity contribution is 5.24. The molecule has 1 fully saturated rings. The minimum absolute atomic E-state index is 0.0197. The van der Waals surface area contributed by atoms with Gasteiger partial charge < -0.3 is 25.8 Å². The van der Waals surface area contributed by atoms with Gasteiger partial charge in [0.1, 0.15) is 18.0 Å². The van der Waals surface area contributed by atoms with Crippen molar-refractivity contribution in [2.45, 2.75) is 24.0 Å². The summed E-state index contributed by atoms with van der Waals surface area (Å²) in [5.41, 5.74) is 5.02. The van der Waals surface area contributed by atoms with Crippen LogP contribution in [0.5, 0.6) is 0 Å². The van der Waals surface area contributed by atoms with Crippen LogP contribution in [0, 0.1) is 0 Å². The molecule has 1 aromatic rings. The first-order valence-corrected chi connectivity index (χ1v) is 5.82. The predicted molar refractivity (Wildman–Crippen MR) is 68.6 cm³/mol. The molecule has 0 aliphatic carbocycles. The van der Waals surface area contributed by atoms with Gasteiger partial charge in [-0.05, 0) is 12.1 Å². The number of aliphatic hydroxyl groups excluding tert-OH is 2. The molecule has 0 unspecified atom stereocenters. The fraction of sp³-hybridized carbons (Fsp3) is 0.417. The lowest BCUT2D eigenvalue weighted by atomic mass is 9.94. The van der Waals surface area contributed by atoms with Crippen LogP contribution in [0.2, 0.25) is 0 Å². The Labute approximate surface area is 114 Å². The van der Waals surface area contributed by atoms with Gasteiger partial charge in [0, 0.05) is 6.20 Å². The van der Waals surface area contributed by atoms with Crippen molar-refractivity contribution in [1.29, 1.82) is 0 Å².